The Morgan fingerprint density at radius 3 is 2.81 bits per heavy atom. The molecule has 0 saturated carbocycles. The SMILES string of the molecule is C=C1N[C@@]2(c3cc(Oc4cc(F)cnc4F)ccc3F)CO[C@@H](C)C[C@H]2S(=O)(=O)N1C. The number of fused-ring (bicyclic) bond motifs is 1. The summed E-state index contributed by atoms with van der Waals surface area (Å²) in [5.74, 6) is -3.04. The van der Waals surface area contributed by atoms with Gasteiger partial charge in [-0.15, -0.1) is 0 Å². The molecule has 0 bridgehead atoms. The van der Waals surface area contributed by atoms with Crippen molar-refractivity contribution in [2.24, 2.45) is 0 Å². The van der Waals surface area contributed by atoms with E-state index in [9.17, 15) is 17.2 Å². The van der Waals surface area contributed by atoms with Crippen molar-refractivity contribution >= 4 is 10.0 Å². The molecule has 0 unspecified atom stereocenters. The van der Waals surface area contributed by atoms with Gasteiger partial charge in [-0.1, -0.05) is 6.58 Å². The normalized spacial score (nSPS) is 27.4. The van der Waals surface area contributed by atoms with E-state index in [2.05, 4.69) is 16.9 Å². The van der Waals surface area contributed by atoms with Gasteiger partial charge in [-0.05, 0) is 31.5 Å². The minimum atomic E-state index is -3.89. The molecule has 1 aromatic carbocycles. The first-order chi connectivity index (χ1) is 14.5. The Labute approximate surface area is 177 Å². The first kappa shape index (κ1) is 21.4. The molecule has 7 nitrogen and oxygen atoms in total. The largest absolute Gasteiger partial charge is 0.452 e. The van der Waals surface area contributed by atoms with E-state index in [0.717, 1.165) is 16.4 Å². The predicted molar refractivity (Wildman–Crippen MR) is 105 cm³/mol. The maximum Gasteiger partial charge on any atom is 0.256 e. The molecule has 4 rings (SSSR count). The monoisotopic (exact) mass is 455 g/mol. The summed E-state index contributed by atoms with van der Waals surface area (Å²) in [4.78, 5) is 3.25. The van der Waals surface area contributed by atoms with Crippen molar-refractivity contribution in [3.05, 3.63) is 66.0 Å². The van der Waals surface area contributed by atoms with E-state index in [4.69, 9.17) is 9.47 Å². The van der Waals surface area contributed by atoms with Gasteiger partial charge in [-0.25, -0.2) is 22.2 Å². The smallest absolute Gasteiger partial charge is 0.256 e. The Balaban J connectivity index is 1.82. The minimum Gasteiger partial charge on any atom is -0.452 e. The molecule has 3 heterocycles. The van der Waals surface area contributed by atoms with Gasteiger partial charge in [0.2, 0.25) is 10.0 Å². The lowest BCUT2D eigenvalue weighted by atomic mass is 9.82. The molecule has 2 fully saturated rings. The van der Waals surface area contributed by atoms with Crippen LogP contribution >= 0.6 is 0 Å². The van der Waals surface area contributed by atoms with Crippen molar-refractivity contribution in [2.45, 2.75) is 30.2 Å². The number of pyridine rings is 1. The average Bonchev–Trinajstić information content (AvgIpc) is 2.72. The zero-order valence-electron chi connectivity index (χ0n) is 16.7. The molecule has 3 atom stereocenters. The third-order valence-corrected chi connectivity index (χ3v) is 7.90. The first-order valence-electron chi connectivity index (χ1n) is 9.40. The number of rotatable bonds is 3. The van der Waals surface area contributed by atoms with E-state index in [-0.39, 0.29) is 36.3 Å². The van der Waals surface area contributed by atoms with Crippen molar-refractivity contribution < 1.29 is 31.1 Å². The summed E-state index contributed by atoms with van der Waals surface area (Å²) >= 11 is 0. The summed E-state index contributed by atoms with van der Waals surface area (Å²) < 4.78 is 80.8. The van der Waals surface area contributed by atoms with E-state index < -0.39 is 44.1 Å². The molecule has 1 N–H and O–H groups in total. The van der Waals surface area contributed by atoms with Gasteiger partial charge in [0.1, 0.15) is 34.0 Å². The van der Waals surface area contributed by atoms with Crippen molar-refractivity contribution in [3.63, 3.8) is 0 Å². The van der Waals surface area contributed by atoms with Crippen LogP contribution in [0.2, 0.25) is 0 Å². The molecule has 0 radical (unpaired) electrons. The number of benzene rings is 1. The molecule has 166 valence electrons. The van der Waals surface area contributed by atoms with Gasteiger partial charge >= 0.3 is 0 Å². The number of ether oxygens (including phenoxy) is 2. The Bertz CT molecular complexity index is 1160. The molecular weight excluding hydrogens is 435 g/mol. The molecule has 31 heavy (non-hydrogen) atoms. The van der Waals surface area contributed by atoms with Crippen LogP contribution in [0.5, 0.6) is 11.5 Å². The Morgan fingerprint density at radius 1 is 1.32 bits per heavy atom. The molecule has 0 aliphatic carbocycles. The molecule has 0 amide bonds. The Kier molecular flexibility index (Phi) is 5.13. The lowest BCUT2D eigenvalue weighted by molar-refractivity contribution is -0.0338. The summed E-state index contributed by atoms with van der Waals surface area (Å²) in [6, 6.07) is 4.33. The fraction of sp³-hybridized carbons (Fsp3) is 0.350. The second-order valence-electron chi connectivity index (χ2n) is 7.59. The molecule has 1 aromatic heterocycles. The molecule has 2 aliphatic rings. The van der Waals surface area contributed by atoms with Gasteiger partial charge in [0, 0.05) is 18.7 Å². The highest BCUT2D eigenvalue weighted by Crippen LogP contribution is 2.44. The fourth-order valence-corrected chi connectivity index (χ4v) is 5.95. The zero-order chi connectivity index (χ0) is 22.6. The number of hydrogen-bond donors (Lipinski definition) is 1. The first-order valence-corrected chi connectivity index (χ1v) is 10.9. The second kappa shape index (κ2) is 7.41. The molecular formula is C20H20F3N3O4S. The van der Waals surface area contributed by atoms with Gasteiger partial charge in [0.25, 0.3) is 5.95 Å². The van der Waals surface area contributed by atoms with Crippen LogP contribution in [0.1, 0.15) is 18.9 Å². The van der Waals surface area contributed by atoms with Gasteiger partial charge in [-0.3, -0.25) is 4.31 Å². The highest BCUT2D eigenvalue weighted by atomic mass is 32.2. The maximum absolute atomic E-state index is 15.0. The summed E-state index contributed by atoms with van der Waals surface area (Å²) in [5, 5.41) is 1.95. The van der Waals surface area contributed by atoms with Crippen LogP contribution < -0.4 is 10.1 Å². The Morgan fingerprint density at radius 2 is 2.06 bits per heavy atom. The molecule has 2 aromatic rings. The number of nitrogens with one attached hydrogen (secondary N) is 1. The van der Waals surface area contributed by atoms with Gasteiger partial charge in [-0.2, -0.15) is 4.39 Å². The summed E-state index contributed by atoms with van der Waals surface area (Å²) in [6.07, 6.45) is 0.436. The second-order valence-corrected chi connectivity index (χ2v) is 9.73. The van der Waals surface area contributed by atoms with Crippen molar-refractivity contribution in [3.8, 4) is 11.5 Å². The van der Waals surface area contributed by atoms with E-state index in [1.807, 2.05) is 0 Å². The number of hydrogen-bond acceptors (Lipinski definition) is 6. The van der Waals surface area contributed by atoms with Gasteiger partial charge in [0.05, 0.1) is 18.9 Å². The van der Waals surface area contributed by atoms with Gasteiger partial charge in [0.15, 0.2) is 5.75 Å². The molecule has 2 saturated heterocycles. The lowest BCUT2D eigenvalue weighted by Crippen LogP contribution is -2.68. The van der Waals surface area contributed by atoms with Crippen LogP contribution in [0.25, 0.3) is 0 Å². The number of halogens is 3. The number of aromatic nitrogens is 1. The van der Waals surface area contributed by atoms with Crippen LogP contribution in [0.4, 0.5) is 13.2 Å². The summed E-state index contributed by atoms with van der Waals surface area (Å²) in [6.45, 7) is 5.32. The van der Waals surface area contributed by atoms with Crippen LogP contribution in [0.3, 0.4) is 0 Å². The topological polar surface area (TPSA) is 80.8 Å². The lowest BCUT2D eigenvalue weighted by Gasteiger charge is -2.52. The third-order valence-electron chi connectivity index (χ3n) is 5.60. The van der Waals surface area contributed by atoms with Gasteiger partial charge < -0.3 is 14.8 Å². The fourth-order valence-electron chi connectivity index (χ4n) is 3.94. The number of sulfonamides is 1. The zero-order valence-corrected chi connectivity index (χ0v) is 17.5. The van der Waals surface area contributed by atoms with Crippen molar-refractivity contribution in [1.29, 1.82) is 0 Å². The highest BCUT2D eigenvalue weighted by Gasteiger charge is 2.57. The predicted octanol–water partition coefficient (Wildman–Crippen LogP) is 3.00. The van der Waals surface area contributed by atoms with Crippen LogP contribution in [-0.2, 0) is 20.3 Å². The summed E-state index contributed by atoms with van der Waals surface area (Å²) in [7, 11) is -2.52. The van der Waals surface area contributed by atoms with E-state index in [1.54, 1.807) is 6.92 Å². The average molecular weight is 455 g/mol. The van der Waals surface area contributed by atoms with E-state index >= 15 is 4.39 Å². The number of nitrogens with zero attached hydrogens (tertiary/aromatic N) is 2. The molecule has 0 spiro atoms. The van der Waals surface area contributed by atoms with Crippen molar-refractivity contribution in [1.82, 2.24) is 14.6 Å². The van der Waals surface area contributed by atoms with Crippen LogP contribution in [0, 0.1) is 17.6 Å². The third kappa shape index (κ3) is 3.51. The minimum absolute atomic E-state index is 0.0295. The maximum atomic E-state index is 15.0. The standard InChI is InChI=1S/C20H20F3N3O4S/c1-11-6-18-20(10-29-11,25-12(2)26(3)31(18,27)28)15-8-14(4-5-16(15)22)30-17-7-13(21)9-24-19(17)23/h4-5,7-9,11,18,25H,2,6,10H2,1,3H3/t11-,18+,20+/m0/s1. The van der Waals surface area contributed by atoms with Crippen LogP contribution in [-0.4, -0.2) is 42.7 Å². The van der Waals surface area contributed by atoms with Crippen molar-refractivity contribution in [2.75, 3.05) is 13.7 Å². The summed E-state index contributed by atoms with van der Waals surface area (Å²) in [5.41, 5.74) is -1.54. The Hall–Kier alpha value is -2.79. The van der Waals surface area contributed by atoms with E-state index in [0.29, 0.717) is 6.20 Å². The highest BCUT2D eigenvalue weighted by molar-refractivity contribution is 7.90. The van der Waals surface area contributed by atoms with E-state index in [1.165, 1.54) is 19.2 Å². The molecule has 2 aliphatic heterocycles. The van der Waals surface area contributed by atoms with Crippen LogP contribution in [0.15, 0.2) is 42.9 Å². The quantitative estimate of drug-likeness (QED) is 0.717. The molecule has 11 heteroatoms.